The van der Waals surface area contributed by atoms with Gasteiger partial charge in [0.25, 0.3) is 0 Å². The third-order valence-corrected chi connectivity index (χ3v) is 7.12. The molecule has 1 aliphatic carbocycles. The van der Waals surface area contributed by atoms with Gasteiger partial charge in [0, 0.05) is 35.7 Å². The van der Waals surface area contributed by atoms with Crippen LogP contribution in [0.25, 0.3) is 39.8 Å². The lowest BCUT2D eigenvalue weighted by atomic mass is 9.99. The van der Waals surface area contributed by atoms with E-state index in [-0.39, 0.29) is 0 Å². The zero-order valence-electron chi connectivity index (χ0n) is 18.5. The first-order chi connectivity index (χ1) is 16.2. The van der Waals surface area contributed by atoms with E-state index in [9.17, 15) is 0 Å². The molecule has 4 aromatic rings. The maximum absolute atomic E-state index is 4.88. The first-order valence-electron chi connectivity index (χ1n) is 11.2. The summed E-state index contributed by atoms with van der Waals surface area (Å²) in [5.74, 6) is 0.734. The van der Waals surface area contributed by atoms with Crippen LogP contribution in [0.3, 0.4) is 0 Å². The minimum absolute atomic E-state index is 0.734. The molecule has 0 atom stereocenters. The molecule has 1 aliphatic heterocycles. The van der Waals surface area contributed by atoms with Gasteiger partial charge in [0.05, 0.1) is 17.6 Å². The number of fused-ring (bicyclic) bond motifs is 1. The van der Waals surface area contributed by atoms with Crippen LogP contribution < -0.4 is 0 Å². The van der Waals surface area contributed by atoms with Gasteiger partial charge in [0.1, 0.15) is 5.03 Å². The summed E-state index contributed by atoms with van der Waals surface area (Å²) < 4.78 is 2.16. The molecule has 0 bridgehead atoms. The monoisotopic (exact) mass is 448 g/mol. The van der Waals surface area contributed by atoms with E-state index in [4.69, 9.17) is 9.97 Å². The molecule has 0 N–H and O–H groups in total. The number of hydrogen-bond donors (Lipinski definition) is 0. The van der Waals surface area contributed by atoms with Gasteiger partial charge in [-0.2, -0.15) is 0 Å². The van der Waals surface area contributed by atoms with Crippen molar-refractivity contribution in [3.63, 3.8) is 0 Å². The van der Waals surface area contributed by atoms with Crippen LogP contribution in [0.15, 0.2) is 83.7 Å². The van der Waals surface area contributed by atoms with Crippen LogP contribution in [0.4, 0.5) is 0 Å². The zero-order chi connectivity index (χ0) is 22.4. The van der Waals surface area contributed by atoms with Gasteiger partial charge in [0.2, 0.25) is 0 Å². The molecule has 0 unspecified atom stereocenters. The molecule has 162 valence electrons. The summed E-state index contributed by atoms with van der Waals surface area (Å²) in [5.41, 5.74) is 10.1. The Morgan fingerprint density at radius 3 is 2.42 bits per heavy atom. The molecular weight excluding hydrogens is 424 g/mol. The minimum atomic E-state index is 0.734. The van der Waals surface area contributed by atoms with E-state index in [0.29, 0.717) is 0 Å². The fourth-order valence-electron chi connectivity index (χ4n) is 4.39. The van der Waals surface area contributed by atoms with Crippen molar-refractivity contribution in [3.05, 3.63) is 84.8 Å². The molecule has 0 spiro atoms. The van der Waals surface area contributed by atoms with Crippen LogP contribution in [0, 0.1) is 5.92 Å². The number of aromatic nitrogens is 3. The van der Waals surface area contributed by atoms with Gasteiger partial charge in [0.15, 0.2) is 5.65 Å². The summed E-state index contributed by atoms with van der Waals surface area (Å²) in [5, 5.41) is 0.920. The van der Waals surface area contributed by atoms with Gasteiger partial charge >= 0.3 is 0 Å². The number of aliphatic imine (C=N–C) groups is 1. The number of imidazole rings is 1. The smallest absolute Gasteiger partial charge is 0.170 e. The molecule has 33 heavy (non-hydrogen) atoms. The van der Waals surface area contributed by atoms with Gasteiger partial charge in [-0.25, -0.2) is 9.97 Å². The van der Waals surface area contributed by atoms with Gasteiger partial charge in [-0.1, -0.05) is 61.2 Å². The average Bonchev–Trinajstić information content (AvgIpc) is 3.44. The molecular formula is C28H24N4S. The molecule has 4 nitrogen and oxygen atoms in total. The van der Waals surface area contributed by atoms with Crippen molar-refractivity contribution in [2.45, 2.75) is 24.3 Å². The Labute approximate surface area is 197 Å². The van der Waals surface area contributed by atoms with Crippen molar-refractivity contribution in [3.8, 4) is 22.5 Å². The van der Waals surface area contributed by atoms with E-state index >= 15 is 0 Å². The quantitative estimate of drug-likeness (QED) is 0.298. The summed E-state index contributed by atoms with van der Waals surface area (Å²) in [4.78, 5) is 14.2. The number of rotatable bonds is 6. The molecule has 3 heterocycles. The highest BCUT2D eigenvalue weighted by atomic mass is 32.2. The molecule has 2 aliphatic rings. The predicted molar refractivity (Wildman–Crippen MR) is 138 cm³/mol. The molecule has 1 fully saturated rings. The summed E-state index contributed by atoms with van der Waals surface area (Å²) in [7, 11) is 0. The van der Waals surface area contributed by atoms with E-state index in [1.54, 1.807) is 11.8 Å². The Kier molecular flexibility index (Phi) is 4.99. The topological polar surface area (TPSA) is 42.5 Å². The van der Waals surface area contributed by atoms with Crippen LogP contribution in [-0.2, 0) is 0 Å². The Balaban J connectivity index is 1.35. The van der Waals surface area contributed by atoms with Crippen LogP contribution >= 0.6 is 11.8 Å². The predicted octanol–water partition coefficient (Wildman–Crippen LogP) is 7.02. The maximum Gasteiger partial charge on any atom is 0.170 e. The second-order valence-corrected chi connectivity index (χ2v) is 9.40. The average molecular weight is 449 g/mol. The van der Waals surface area contributed by atoms with Gasteiger partial charge in [-0.3, -0.25) is 9.39 Å². The summed E-state index contributed by atoms with van der Waals surface area (Å²) in [6.45, 7) is 3.84. The molecule has 2 aromatic heterocycles. The fourth-order valence-corrected chi connectivity index (χ4v) is 4.91. The van der Waals surface area contributed by atoms with E-state index in [0.717, 1.165) is 51.1 Å². The Morgan fingerprint density at radius 1 is 1.00 bits per heavy atom. The third-order valence-electron chi connectivity index (χ3n) is 6.45. The van der Waals surface area contributed by atoms with E-state index in [2.05, 4.69) is 76.9 Å². The number of benzene rings is 2. The number of nitrogens with zero attached hydrogens (tertiary/aromatic N) is 4. The van der Waals surface area contributed by atoms with Crippen LogP contribution in [0.2, 0.25) is 0 Å². The highest BCUT2D eigenvalue weighted by Crippen LogP contribution is 2.38. The summed E-state index contributed by atoms with van der Waals surface area (Å²) in [6, 6.07) is 17.1. The fraction of sp³-hybridized carbons (Fsp3) is 0.179. The second-order valence-electron chi connectivity index (χ2n) is 8.60. The van der Waals surface area contributed by atoms with Crippen LogP contribution in [0.1, 0.15) is 30.4 Å². The lowest BCUT2D eigenvalue weighted by molar-refractivity contribution is 1.04. The van der Waals surface area contributed by atoms with Gasteiger partial charge in [-0.15, -0.1) is 11.8 Å². The third kappa shape index (κ3) is 3.72. The SMILES string of the molecule is C=Cc1ccc(-c2cn3c(-c4ccc(C5=CN=C(C6CC6)C5)cc4)cnc3c(SC)n2)cc1. The summed E-state index contributed by atoms with van der Waals surface area (Å²) in [6.07, 6.45) is 13.6. The number of hydrogen-bond acceptors (Lipinski definition) is 4. The maximum atomic E-state index is 4.88. The second kappa shape index (κ2) is 8.16. The van der Waals surface area contributed by atoms with E-state index < -0.39 is 0 Å². The van der Waals surface area contributed by atoms with Crippen molar-refractivity contribution in [1.29, 1.82) is 0 Å². The van der Waals surface area contributed by atoms with Crippen molar-refractivity contribution >= 4 is 34.8 Å². The molecule has 6 rings (SSSR count). The first kappa shape index (κ1) is 20.2. The van der Waals surface area contributed by atoms with E-state index in [1.165, 1.54) is 29.7 Å². The number of allylic oxidation sites excluding steroid dienone is 1. The van der Waals surface area contributed by atoms with Gasteiger partial charge in [-0.05, 0) is 41.7 Å². The van der Waals surface area contributed by atoms with Crippen molar-refractivity contribution < 1.29 is 0 Å². The lowest BCUT2D eigenvalue weighted by Crippen LogP contribution is -1.98. The molecule has 0 radical (unpaired) electrons. The highest BCUT2D eigenvalue weighted by Gasteiger charge is 2.29. The zero-order valence-corrected chi connectivity index (χ0v) is 19.3. The largest absolute Gasteiger partial charge is 0.295 e. The molecule has 1 saturated carbocycles. The Hall–Kier alpha value is -3.44. The molecule has 5 heteroatoms. The number of thioether (sulfide) groups is 1. The van der Waals surface area contributed by atoms with Crippen molar-refractivity contribution in [2.75, 3.05) is 6.26 Å². The standard InChI is InChI=1S/C28H24N4S/c1-3-18-4-6-21(7-5-18)25-17-32-26(16-30-27(32)28(31-25)33-2)22-12-8-19(9-13-22)23-14-24(29-15-23)20-10-11-20/h3-9,12-13,15-17,20H,1,10-11,14H2,2H3. The highest BCUT2D eigenvalue weighted by molar-refractivity contribution is 7.98. The molecule has 0 amide bonds. The van der Waals surface area contributed by atoms with E-state index in [1.807, 2.05) is 18.5 Å². The molecule has 0 saturated heterocycles. The first-order valence-corrected chi connectivity index (χ1v) is 12.5. The Bertz CT molecular complexity index is 1420. The lowest BCUT2D eigenvalue weighted by Gasteiger charge is -2.09. The summed E-state index contributed by atoms with van der Waals surface area (Å²) >= 11 is 1.62. The van der Waals surface area contributed by atoms with Crippen LogP contribution in [-0.4, -0.2) is 26.3 Å². The van der Waals surface area contributed by atoms with Crippen LogP contribution in [0.5, 0.6) is 0 Å². The Morgan fingerprint density at radius 2 is 1.73 bits per heavy atom. The van der Waals surface area contributed by atoms with Crippen molar-refractivity contribution in [1.82, 2.24) is 14.4 Å². The minimum Gasteiger partial charge on any atom is -0.295 e. The molecule has 2 aromatic carbocycles. The van der Waals surface area contributed by atoms with Crippen molar-refractivity contribution in [2.24, 2.45) is 10.9 Å². The van der Waals surface area contributed by atoms with Gasteiger partial charge < -0.3 is 0 Å². The normalized spacial score (nSPS) is 15.5.